The molecule has 26 heavy (non-hydrogen) atoms. The molecule has 1 aliphatic rings. The second-order valence-electron chi connectivity index (χ2n) is 5.85. The van der Waals surface area contributed by atoms with Crippen molar-refractivity contribution in [1.82, 2.24) is 9.62 Å². The van der Waals surface area contributed by atoms with Gasteiger partial charge in [0, 0.05) is 18.1 Å². The second-order valence-corrected chi connectivity index (χ2v) is 11.4. The fraction of sp³-hybridized carbons (Fsp3) is 0.500. The Morgan fingerprint density at radius 1 is 1.46 bits per heavy atom. The molecule has 1 saturated heterocycles. The van der Waals surface area contributed by atoms with Crippen LogP contribution in [0.15, 0.2) is 21.5 Å². The summed E-state index contributed by atoms with van der Waals surface area (Å²) in [5.41, 5.74) is 0. The van der Waals surface area contributed by atoms with Gasteiger partial charge in [0.1, 0.15) is 4.90 Å². The van der Waals surface area contributed by atoms with Crippen LogP contribution >= 0.6 is 27.5 Å². The number of nitrogens with zero attached hydrogens (tertiary/aromatic N) is 1. The summed E-state index contributed by atoms with van der Waals surface area (Å²) in [5.74, 6) is -0.633. The van der Waals surface area contributed by atoms with Gasteiger partial charge in [0.05, 0.1) is 29.6 Å². The van der Waals surface area contributed by atoms with E-state index in [9.17, 15) is 21.6 Å². The Labute approximate surface area is 165 Å². The average molecular weight is 490 g/mol. The first-order valence-corrected chi connectivity index (χ1v) is 11.9. The molecular formula is C14H18BrClN2O6S2. The number of carbonyl (C=O) groups is 1. The van der Waals surface area contributed by atoms with Crippen LogP contribution in [0.5, 0.6) is 5.75 Å². The first-order valence-electron chi connectivity index (χ1n) is 7.45. The zero-order valence-electron chi connectivity index (χ0n) is 14.0. The highest BCUT2D eigenvalue weighted by molar-refractivity contribution is 9.10. The lowest BCUT2D eigenvalue weighted by atomic mass is 10.2. The maximum Gasteiger partial charge on any atom is 0.247 e. The van der Waals surface area contributed by atoms with Gasteiger partial charge in [-0.1, -0.05) is 11.6 Å². The Bertz CT molecular complexity index is 920. The van der Waals surface area contributed by atoms with E-state index in [-0.39, 0.29) is 27.2 Å². The van der Waals surface area contributed by atoms with E-state index in [1.165, 1.54) is 26.3 Å². The monoisotopic (exact) mass is 488 g/mol. The third-order valence-corrected chi connectivity index (χ3v) is 8.21. The van der Waals surface area contributed by atoms with Crippen molar-refractivity contribution >= 4 is 53.3 Å². The van der Waals surface area contributed by atoms with Crippen molar-refractivity contribution in [2.75, 3.05) is 32.2 Å². The smallest absolute Gasteiger partial charge is 0.247 e. The highest BCUT2D eigenvalue weighted by atomic mass is 79.9. The van der Waals surface area contributed by atoms with Crippen molar-refractivity contribution in [3.05, 3.63) is 21.6 Å². The molecule has 8 nitrogen and oxygen atoms in total. The van der Waals surface area contributed by atoms with Gasteiger partial charge in [-0.05, 0) is 34.5 Å². The van der Waals surface area contributed by atoms with Crippen LogP contribution < -0.4 is 10.1 Å². The van der Waals surface area contributed by atoms with Gasteiger partial charge in [-0.25, -0.2) is 16.8 Å². The number of sulfonamides is 1. The molecule has 146 valence electrons. The SMILES string of the molecule is COc1c(Br)cc(Cl)cc1S(=O)(=O)N(C)CC(=O)NC1CCS(=O)(=O)C1. The normalized spacial score (nSPS) is 19.5. The van der Waals surface area contributed by atoms with E-state index < -0.39 is 38.4 Å². The van der Waals surface area contributed by atoms with Gasteiger partial charge in [-0.15, -0.1) is 0 Å². The number of halogens is 2. The van der Waals surface area contributed by atoms with E-state index in [1.807, 2.05) is 0 Å². The minimum Gasteiger partial charge on any atom is -0.494 e. The van der Waals surface area contributed by atoms with Crippen molar-refractivity contribution in [2.45, 2.75) is 17.4 Å². The second kappa shape index (κ2) is 8.01. The van der Waals surface area contributed by atoms with Crippen LogP contribution in [0.4, 0.5) is 0 Å². The number of hydrogen-bond acceptors (Lipinski definition) is 6. The molecule has 1 unspecified atom stereocenters. The predicted octanol–water partition coefficient (Wildman–Crippen LogP) is 1.03. The lowest BCUT2D eigenvalue weighted by Gasteiger charge is -2.20. The third-order valence-electron chi connectivity index (χ3n) is 3.83. The van der Waals surface area contributed by atoms with E-state index in [1.54, 1.807) is 0 Å². The molecule has 0 bridgehead atoms. The number of hydrogen-bond donors (Lipinski definition) is 1. The molecule has 1 aromatic rings. The van der Waals surface area contributed by atoms with E-state index in [0.717, 1.165) is 4.31 Å². The third kappa shape index (κ3) is 4.89. The van der Waals surface area contributed by atoms with Crippen molar-refractivity contribution in [2.24, 2.45) is 0 Å². The van der Waals surface area contributed by atoms with Gasteiger partial charge in [-0.2, -0.15) is 4.31 Å². The lowest BCUT2D eigenvalue weighted by Crippen LogP contribution is -2.43. The van der Waals surface area contributed by atoms with E-state index >= 15 is 0 Å². The fourth-order valence-corrected chi connectivity index (χ4v) is 6.73. The standard InChI is InChI=1S/C14H18BrClN2O6S2/c1-18(7-13(19)17-10-3-4-25(20,21)8-10)26(22,23)12-6-9(16)5-11(15)14(12)24-2/h5-6,10H,3-4,7-8H2,1-2H3,(H,17,19). The first-order chi connectivity index (χ1) is 12.0. The Kier molecular flexibility index (Phi) is 6.60. The molecule has 1 fully saturated rings. The number of benzene rings is 1. The van der Waals surface area contributed by atoms with E-state index in [2.05, 4.69) is 21.2 Å². The summed E-state index contributed by atoms with van der Waals surface area (Å²) in [5, 5.41) is 2.73. The molecule has 0 saturated carbocycles. The van der Waals surface area contributed by atoms with Gasteiger partial charge in [0.2, 0.25) is 15.9 Å². The van der Waals surface area contributed by atoms with Crippen LogP contribution in [-0.2, 0) is 24.7 Å². The molecule has 1 N–H and O–H groups in total. The first kappa shape index (κ1) is 21.4. The quantitative estimate of drug-likeness (QED) is 0.639. The topological polar surface area (TPSA) is 110 Å². The maximum absolute atomic E-state index is 12.8. The van der Waals surface area contributed by atoms with Crippen LogP contribution in [0.2, 0.25) is 5.02 Å². The molecule has 1 aromatic carbocycles. The number of likely N-dealkylation sites (N-methyl/N-ethyl adjacent to an activating group) is 1. The van der Waals surface area contributed by atoms with E-state index in [0.29, 0.717) is 10.9 Å². The number of carbonyl (C=O) groups excluding carboxylic acids is 1. The summed E-state index contributed by atoms with van der Waals surface area (Å²) >= 11 is 9.12. The van der Waals surface area contributed by atoms with Crippen LogP contribution in [0.1, 0.15) is 6.42 Å². The predicted molar refractivity (Wildman–Crippen MR) is 101 cm³/mol. The Balaban J connectivity index is 2.16. The van der Waals surface area contributed by atoms with Crippen LogP contribution in [-0.4, -0.2) is 65.3 Å². The minimum atomic E-state index is -4.06. The summed E-state index contributed by atoms with van der Waals surface area (Å²) in [6.07, 6.45) is 0.319. The zero-order chi connectivity index (χ0) is 19.7. The molecule has 0 aliphatic carbocycles. The molecule has 1 aliphatic heterocycles. The fourth-order valence-electron chi connectivity index (χ4n) is 2.56. The number of sulfone groups is 1. The van der Waals surface area contributed by atoms with Crippen molar-refractivity contribution < 1.29 is 26.4 Å². The highest BCUT2D eigenvalue weighted by Crippen LogP contribution is 2.36. The van der Waals surface area contributed by atoms with Crippen molar-refractivity contribution in [3.63, 3.8) is 0 Å². The summed E-state index contributed by atoms with van der Waals surface area (Å²) in [6.45, 7) is -0.466. The summed E-state index contributed by atoms with van der Waals surface area (Å²) in [4.78, 5) is 11.9. The van der Waals surface area contributed by atoms with Crippen LogP contribution in [0.3, 0.4) is 0 Å². The number of methoxy groups -OCH3 is 1. The molecular weight excluding hydrogens is 472 g/mol. The van der Waals surface area contributed by atoms with Gasteiger partial charge < -0.3 is 10.1 Å². The van der Waals surface area contributed by atoms with Crippen molar-refractivity contribution in [3.8, 4) is 5.75 Å². The molecule has 12 heteroatoms. The number of rotatable bonds is 6. The van der Waals surface area contributed by atoms with Crippen LogP contribution in [0.25, 0.3) is 0 Å². The Hall–Kier alpha value is -0.880. The summed E-state index contributed by atoms with van der Waals surface area (Å²) in [7, 11) is -4.64. The number of ether oxygens (including phenoxy) is 1. The summed E-state index contributed by atoms with van der Waals surface area (Å²) < 4.78 is 54.8. The van der Waals surface area contributed by atoms with E-state index in [4.69, 9.17) is 16.3 Å². The molecule has 0 radical (unpaired) electrons. The van der Waals surface area contributed by atoms with Crippen LogP contribution in [0, 0.1) is 0 Å². The van der Waals surface area contributed by atoms with Gasteiger partial charge >= 0.3 is 0 Å². The minimum absolute atomic E-state index is 0.0137. The molecule has 0 aromatic heterocycles. The highest BCUT2D eigenvalue weighted by Gasteiger charge is 2.31. The largest absolute Gasteiger partial charge is 0.494 e. The molecule has 2 rings (SSSR count). The zero-order valence-corrected chi connectivity index (χ0v) is 18.0. The van der Waals surface area contributed by atoms with Gasteiger partial charge in [0.15, 0.2) is 15.6 Å². The lowest BCUT2D eigenvalue weighted by molar-refractivity contribution is -0.121. The van der Waals surface area contributed by atoms with Gasteiger partial charge in [0.25, 0.3) is 0 Å². The summed E-state index contributed by atoms with van der Waals surface area (Å²) in [6, 6.07) is 2.23. The average Bonchev–Trinajstić information content (AvgIpc) is 2.84. The molecule has 1 heterocycles. The Morgan fingerprint density at radius 2 is 2.12 bits per heavy atom. The molecule has 1 amide bonds. The number of nitrogens with one attached hydrogen (secondary N) is 1. The maximum atomic E-state index is 12.8. The van der Waals surface area contributed by atoms with Crippen molar-refractivity contribution in [1.29, 1.82) is 0 Å². The van der Waals surface area contributed by atoms with Gasteiger partial charge in [-0.3, -0.25) is 4.79 Å². The molecule has 0 spiro atoms. The molecule has 1 atom stereocenters. The Morgan fingerprint density at radius 3 is 2.65 bits per heavy atom. The number of amides is 1.